The molecule has 1 aromatic carbocycles. The SMILES string of the molecule is O=C(c1cnn(-c2ccccc2)n1)n1ccccc1=NC1CCCCC1. The minimum Gasteiger partial charge on any atom is -0.266 e. The molecule has 1 fully saturated rings. The maximum Gasteiger partial charge on any atom is 0.285 e. The van der Waals surface area contributed by atoms with Crippen molar-refractivity contribution in [3.05, 3.63) is 72.1 Å². The van der Waals surface area contributed by atoms with Crippen LogP contribution in [0.2, 0.25) is 0 Å². The minimum absolute atomic E-state index is 0.220. The first-order valence-corrected chi connectivity index (χ1v) is 9.05. The molecule has 0 N–H and O–H groups in total. The molecule has 0 unspecified atom stereocenters. The zero-order chi connectivity index (χ0) is 17.8. The van der Waals surface area contributed by atoms with Crippen molar-refractivity contribution in [1.29, 1.82) is 0 Å². The molecular weight excluding hydrogens is 326 g/mol. The summed E-state index contributed by atoms with van der Waals surface area (Å²) in [5.41, 5.74) is 1.79. The molecular formula is C20H21N5O. The molecule has 3 aromatic rings. The molecule has 1 saturated carbocycles. The lowest BCUT2D eigenvalue weighted by Gasteiger charge is -2.17. The Balaban J connectivity index is 1.65. The summed E-state index contributed by atoms with van der Waals surface area (Å²) in [6.45, 7) is 0. The smallest absolute Gasteiger partial charge is 0.266 e. The highest BCUT2D eigenvalue weighted by atomic mass is 16.2. The topological polar surface area (TPSA) is 65.1 Å². The van der Waals surface area contributed by atoms with Crippen LogP contribution < -0.4 is 5.49 Å². The van der Waals surface area contributed by atoms with Crippen LogP contribution in [0.1, 0.15) is 42.6 Å². The molecule has 2 aromatic heterocycles. The number of nitrogens with zero attached hydrogens (tertiary/aromatic N) is 5. The van der Waals surface area contributed by atoms with E-state index in [2.05, 4.69) is 10.2 Å². The number of carbonyl (C=O) groups excluding carboxylic acids is 1. The molecule has 26 heavy (non-hydrogen) atoms. The maximum atomic E-state index is 12.9. The van der Waals surface area contributed by atoms with Crippen LogP contribution in [0.5, 0.6) is 0 Å². The summed E-state index contributed by atoms with van der Waals surface area (Å²) in [5, 5.41) is 8.56. The van der Waals surface area contributed by atoms with E-state index in [0.717, 1.165) is 18.5 Å². The summed E-state index contributed by atoms with van der Waals surface area (Å²) in [6, 6.07) is 15.5. The summed E-state index contributed by atoms with van der Waals surface area (Å²) >= 11 is 0. The average molecular weight is 347 g/mol. The Morgan fingerprint density at radius 1 is 1.00 bits per heavy atom. The fraction of sp³-hybridized carbons (Fsp3) is 0.300. The van der Waals surface area contributed by atoms with Crippen LogP contribution in [0.4, 0.5) is 0 Å². The van der Waals surface area contributed by atoms with Gasteiger partial charge < -0.3 is 0 Å². The fourth-order valence-electron chi connectivity index (χ4n) is 3.28. The molecule has 0 aliphatic heterocycles. The van der Waals surface area contributed by atoms with Crippen molar-refractivity contribution in [3.8, 4) is 5.69 Å². The van der Waals surface area contributed by atoms with Crippen LogP contribution in [0.3, 0.4) is 0 Å². The summed E-state index contributed by atoms with van der Waals surface area (Å²) in [4.78, 5) is 19.2. The highest BCUT2D eigenvalue weighted by molar-refractivity contribution is 5.93. The molecule has 0 amide bonds. The monoisotopic (exact) mass is 347 g/mol. The molecule has 0 atom stereocenters. The van der Waals surface area contributed by atoms with Crippen molar-refractivity contribution in [2.24, 2.45) is 4.99 Å². The standard InChI is InChI=1S/C20H21N5O/c26-20(18-15-21-25(23-18)17-11-5-2-6-12-17)24-14-8-7-13-19(24)22-16-9-3-1-4-10-16/h2,5-8,11-16H,1,3-4,9-10H2. The number of hydrogen-bond donors (Lipinski definition) is 0. The van der Waals surface area contributed by atoms with Gasteiger partial charge in [0.2, 0.25) is 0 Å². The lowest BCUT2D eigenvalue weighted by Crippen LogP contribution is -2.29. The summed E-state index contributed by atoms with van der Waals surface area (Å²) in [5.74, 6) is -0.220. The van der Waals surface area contributed by atoms with Gasteiger partial charge in [0, 0.05) is 6.20 Å². The van der Waals surface area contributed by atoms with Gasteiger partial charge in [0.1, 0.15) is 5.49 Å². The van der Waals surface area contributed by atoms with Crippen molar-refractivity contribution in [1.82, 2.24) is 19.6 Å². The molecule has 0 radical (unpaired) electrons. The molecule has 6 heteroatoms. The van der Waals surface area contributed by atoms with Gasteiger partial charge in [0.25, 0.3) is 5.91 Å². The first-order chi connectivity index (χ1) is 12.8. The number of benzene rings is 1. The largest absolute Gasteiger partial charge is 0.285 e. The van der Waals surface area contributed by atoms with E-state index in [9.17, 15) is 4.79 Å². The molecule has 1 aliphatic carbocycles. The first kappa shape index (κ1) is 16.4. The van der Waals surface area contributed by atoms with E-state index in [-0.39, 0.29) is 5.91 Å². The lowest BCUT2D eigenvalue weighted by molar-refractivity contribution is 0.0949. The van der Waals surface area contributed by atoms with Crippen molar-refractivity contribution < 1.29 is 4.79 Å². The fourth-order valence-corrected chi connectivity index (χ4v) is 3.28. The molecule has 0 spiro atoms. The van der Waals surface area contributed by atoms with E-state index < -0.39 is 0 Å². The van der Waals surface area contributed by atoms with Gasteiger partial charge in [0.15, 0.2) is 5.69 Å². The molecule has 0 bridgehead atoms. The van der Waals surface area contributed by atoms with Crippen LogP contribution in [0.25, 0.3) is 5.69 Å². The summed E-state index contributed by atoms with van der Waals surface area (Å²) in [6.07, 6.45) is 9.12. The number of pyridine rings is 1. The highest BCUT2D eigenvalue weighted by Gasteiger charge is 2.16. The molecule has 132 valence electrons. The van der Waals surface area contributed by atoms with E-state index in [1.54, 1.807) is 10.8 Å². The third-order valence-electron chi connectivity index (χ3n) is 4.64. The van der Waals surface area contributed by atoms with Gasteiger partial charge in [-0.25, -0.2) is 0 Å². The zero-order valence-corrected chi connectivity index (χ0v) is 14.5. The van der Waals surface area contributed by atoms with Crippen molar-refractivity contribution in [3.63, 3.8) is 0 Å². The predicted molar refractivity (Wildman–Crippen MR) is 98.0 cm³/mol. The van der Waals surface area contributed by atoms with Gasteiger partial charge in [-0.15, -0.1) is 5.10 Å². The molecule has 4 rings (SSSR count). The number of hydrogen-bond acceptors (Lipinski definition) is 4. The second-order valence-corrected chi connectivity index (χ2v) is 6.51. The van der Waals surface area contributed by atoms with Gasteiger partial charge in [-0.2, -0.15) is 9.90 Å². The van der Waals surface area contributed by atoms with Crippen LogP contribution in [-0.4, -0.2) is 31.5 Å². The van der Waals surface area contributed by atoms with E-state index >= 15 is 0 Å². The van der Waals surface area contributed by atoms with Gasteiger partial charge >= 0.3 is 0 Å². The highest BCUT2D eigenvalue weighted by Crippen LogP contribution is 2.19. The third-order valence-corrected chi connectivity index (χ3v) is 4.64. The Labute approximate surface area is 151 Å². The van der Waals surface area contributed by atoms with Crippen molar-refractivity contribution in [2.75, 3.05) is 0 Å². The predicted octanol–water partition coefficient (Wildman–Crippen LogP) is 2.99. The van der Waals surface area contributed by atoms with Crippen LogP contribution in [0.15, 0.2) is 65.9 Å². The number of rotatable bonds is 3. The van der Waals surface area contributed by atoms with Crippen LogP contribution >= 0.6 is 0 Å². The molecule has 1 aliphatic rings. The Hall–Kier alpha value is -3.02. The van der Waals surface area contributed by atoms with Crippen molar-refractivity contribution in [2.45, 2.75) is 38.1 Å². The Morgan fingerprint density at radius 3 is 2.58 bits per heavy atom. The number of carbonyl (C=O) groups is 1. The number of aromatic nitrogens is 4. The van der Waals surface area contributed by atoms with Crippen molar-refractivity contribution >= 4 is 5.91 Å². The van der Waals surface area contributed by atoms with E-state index in [4.69, 9.17) is 4.99 Å². The zero-order valence-electron chi connectivity index (χ0n) is 14.5. The van der Waals surface area contributed by atoms with E-state index in [1.165, 1.54) is 30.3 Å². The average Bonchev–Trinajstić information content (AvgIpc) is 3.20. The first-order valence-electron chi connectivity index (χ1n) is 9.05. The van der Waals surface area contributed by atoms with E-state index in [0.29, 0.717) is 17.2 Å². The van der Waals surface area contributed by atoms with Gasteiger partial charge in [-0.1, -0.05) is 43.5 Å². The van der Waals surface area contributed by atoms with Gasteiger partial charge in [0.05, 0.1) is 17.9 Å². The lowest BCUT2D eigenvalue weighted by atomic mass is 9.96. The summed E-state index contributed by atoms with van der Waals surface area (Å²) < 4.78 is 1.56. The van der Waals surface area contributed by atoms with Crippen LogP contribution in [-0.2, 0) is 0 Å². The van der Waals surface area contributed by atoms with Gasteiger partial charge in [-0.3, -0.25) is 14.4 Å². The summed E-state index contributed by atoms with van der Waals surface area (Å²) in [7, 11) is 0. The quantitative estimate of drug-likeness (QED) is 0.731. The third kappa shape index (κ3) is 3.49. The normalized spacial score (nSPS) is 15.9. The Bertz CT molecular complexity index is 951. The number of para-hydroxylation sites is 1. The Morgan fingerprint density at radius 2 is 1.77 bits per heavy atom. The van der Waals surface area contributed by atoms with E-state index in [1.807, 2.05) is 48.5 Å². The molecule has 0 saturated heterocycles. The molecule has 2 heterocycles. The van der Waals surface area contributed by atoms with Crippen LogP contribution in [0, 0.1) is 0 Å². The minimum atomic E-state index is -0.220. The second-order valence-electron chi connectivity index (χ2n) is 6.51. The maximum absolute atomic E-state index is 12.9. The second kappa shape index (κ2) is 7.47. The molecule has 6 nitrogen and oxygen atoms in total. The Kier molecular flexibility index (Phi) is 4.73. The van der Waals surface area contributed by atoms with Gasteiger partial charge in [-0.05, 0) is 37.1 Å².